The number of nitrogens with zero attached hydrogens (tertiary/aromatic N) is 4. The van der Waals surface area contributed by atoms with Crippen LogP contribution in [0, 0.1) is 0 Å². The predicted octanol–water partition coefficient (Wildman–Crippen LogP) is 13.2. The molecule has 6 heteroatoms. The van der Waals surface area contributed by atoms with Gasteiger partial charge in [-0.2, -0.15) is 4.98 Å². The van der Waals surface area contributed by atoms with Crippen LogP contribution in [0.3, 0.4) is 0 Å². The Hall–Kier alpha value is -7.70. The van der Waals surface area contributed by atoms with Crippen LogP contribution in [0.5, 0.6) is 0 Å². The van der Waals surface area contributed by atoms with Crippen molar-refractivity contribution in [3.8, 4) is 45.4 Å². The molecule has 0 saturated carbocycles. The van der Waals surface area contributed by atoms with Crippen LogP contribution < -0.4 is 0 Å². The van der Waals surface area contributed by atoms with Crippen molar-refractivity contribution in [1.29, 1.82) is 0 Å². The smallest absolute Gasteiger partial charge is 0.307 e. The minimum atomic E-state index is 0.514. The molecule has 0 fully saturated rings. The molecule has 8 aromatic carbocycles. The number of hydrogen-bond donors (Lipinski definition) is 0. The summed E-state index contributed by atoms with van der Waals surface area (Å²) in [7, 11) is 0. The maximum atomic E-state index is 6.55. The highest BCUT2D eigenvalue weighted by molar-refractivity contribution is 6.11. The number of hydrogen-bond acceptors (Lipinski definition) is 4. The second-order valence-corrected chi connectivity index (χ2v) is 14.3. The molecule has 0 aliphatic rings. The number of para-hydroxylation sites is 2. The first-order chi connectivity index (χ1) is 27.7. The van der Waals surface area contributed by atoms with E-state index in [1.807, 2.05) is 30.3 Å². The van der Waals surface area contributed by atoms with Gasteiger partial charge in [0.1, 0.15) is 11.0 Å². The van der Waals surface area contributed by atoms with Crippen molar-refractivity contribution in [3.05, 3.63) is 182 Å². The second kappa shape index (κ2) is 11.9. The van der Waals surface area contributed by atoms with E-state index in [4.69, 9.17) is 18.8 Å². The summed E-state index contributed by atoms with van der Waals surface area (Å²) in [5, 5.41) is 4.70. The van der Waals surface area contributed by atoms with E-state index in [1.54, 1.807) is 0 Å². The fraction of sp³-hybridized carbons (Fsp3) is 0. The lowest BCUT2D eigenvalue weighted by Crippen LogP contribution is -1.93. The van der Waals surface area contributed by atoms with E-state index in [0.29, 0.717) is 23.1 Å². The lowest BCUT2D eigenvalue weighted by molar-refractivity contribution is 0.574. The van der Waals surface area contributed by atoms with E-state index in [9.17, 15) is 0 Å². The van der Waals surface area contributed by atoms with Crippen LogP contribution in [0.2, 0.25) is 0 Å². The lowest BCUT2D eigenvalue weighted by Gasteiger charge is -2.08. The average molecular weight is 719 g/mol. The first-order valence-corrected chi connectivity index (χ1v) is 18.7. The molecule has 12 rings (SSSR count). The van der Waals surface area contributed by atoms with Crippen molar-refractivity contribution in [3.63, 3.8) is 0 Å². The Morgan fingerprint density at radius 3 is 1.54 bits per heavy atom. The number of rotatable bonds is 5. The average Bonchev–Trinajstić information content (AvgIpc) is 4.04. The summed E-state index contributed by atoms with van der Waals surface area (Å²) in [6, 6.07) is 63.9. The molecule has 0 unspecified atom stereocenters. The molecule has 4 aromatic heterocycles. The minimum absolute atomic E-state index is 0.514. The van der Waals surface area contributed by atoms with Crippen molar-refractivity contribution in [2.45, 2.75) is 0 Å². The van der Waals surface area contributed by atoms with E-state index in [-0.39, 0.29) is 0 Å². The fourth-order valence-electron chi connectivity index (χ4n) is 8.37. The molecule has 262 valence electrons. The van der Waals surface area contributed by atoms with Gasteiger partial charge in [-0.3, -0.25) is 4.57 Å². The third-order valence-corrected chi connectivity index (χ3v) is 11.0. The molecule has 0 aliphatic carbocycles. The molecule has 0 N–H and O–H groups in total. The Bertz CT molecular complexity index is 3320. The molecule has 12 aromatic rings. The van der Waals surface area contributed by atoms with Gasteiger partial charge < -0.3 is 13.4 Å². The summed E-state index contributed by atoms with van der Waals surface area (Å²) in [4.78, 5) is 9.88. The van der Waals surface area contributed by atoms with Gasteiger partial charge in [-0.05, 0) is 89.0 Å². The SMILES string of the molecule is c1ccc(-c2ccc3c(c2)c2ccccc2n3-c2ccc3nc(-c4ccc5nc(-n6c7ccccc7c7cc(-c8ccccc8)ccc76)oc5c4)oc3c2)cc1. The molecule has 0 aliphatic heterocycles. The molecular formula is C50H30N4O2. The van der Waals surface area contributed by atoms with Gasteiger partial charge in [0.25, 0.3) is 0 Å². The Labute approximate surface area is 320 Å². The zero-order chi connectivity index (χ0) is 36.7. The molecule has 56 heavy (non-hydrogen) atoms. The van der Waals surface area contributed by atoms with Gasteiger partial charge in [-0.1, -0.05) is 109 Å². The third kappa shape index (κ3) is 4.69. The Morgan fingerprint density at radius 1 is 0.339 bits per heavy atom. The summed E-state index contributed by atoms with van der Waals surface area (Å²) in [6.07, 6.45) is 0. The summed E-state index contributed by atoms with van der Waals surface area (Å²) < 4.78 is 17.5. The molecule has 6 nitrogen and oxygen atoms in total. The standard InChI is InChI=1S/C50H30N4O2/c1-3-11-31(12-4-1)33-20-25-45-39(27-33)37-15-7-9-17-43(37)53(45)36-22-24-41-48(30-36)55-49(51-41)35-19-23-42-47(29-35)56-50(52-42)54-44-18-10-8-16-38(44)40-28-34(21-26-46(40)54)32-13-5-2-6-14-32/h1-30H. The number of aromatic nitrogens is 4. The van der Waals surface area contributed by atoms with E-state index >= 15 is 0 Å². The van der Waals surface area contributed by atoms with Crippen LogP contribution in [0.15, 0.2) is 191 Å². The van der Waals surface area contributed by atoms with Crippen LogP contribution >= 0.6 is 0 Å². The first kappa shape index (κ1) is 30.7. The van der Waals surface area contributed by atoms with Gasteiger partial charge in [0.05, 0.1) is 27.8 Å². The van der Waals surface area contributed by atoms with Crippen molar-refractivity contribution < 1.29 is 8.83 Å². The number of fused-ring (bicyclic) bond motifs is 8. The van der Waals surface area contributed by atoms with Crippen LogP contribution in [0.4, 0.5) is 0 Å². The van der Waals surface area contributed by atoms with E-state index in [2.05, 4.69) is 161 Å². The Kier molecular flexibility index (Phi) is 6.53. The number of benzene rings is 8. The highest BCUT2D eigenvalue weighted by Crippen LogP contribution is 2.38. The van der Waals surface area contributed by atoms with Gasteiger partial charge in [-0.15, -0.1) is 0 Å². The highest BCUT2D eigenvalue weighted by Gasteiger charge is 2.19. The van der Waals surface area contributed by atoms with Crippen LogP contribution in [0.25, 0.3) is 111 Å². The lowest BCUT2D eigenvalue weighted by atomic mass is 10.0. The van der Waals surface area contributed by atoms with Gasteiger partial charge in [0.15, 0.2) is 11.2 Å². The number of oxazole rings is 2. The zero-order valence-corrected chi connectivity index (χ0v) is 29.9. The summed E-state index contributed by atoms with van der Waals surface area (Å²) in [5.74, 6) is 0.525. The van der Waals surface area contributed by atoms with E-state index in [0.717, 1.165) is 55.1 Å². The van der Waals surface area contributed by atoms with Crippen LogP contribution in [-0.2, 0) is 0 Å². The monoisotopic (exact) mass is 718 g/mol. The normalized spacial score (nSPS) is 11.9. The van der Waals surface area contributed by atoms with Gasteiger partial charge in [0.2, 0.25) is 5.89 Å². The van der Waals surface area contributed by atoms with Gasteiger partial charge >= 0.3 is 6.01 Å². The van der Waals surface area contributed by atoms with Crippen molar-refractivity contribution >= 4 is 65.8 Å². The molecule has 0 bridgehead atoms. The van der Waals surface area contributed by atoms with Crippen LogP contribution in [-0.4, -0.2) is 19.1 Å². The molecule has 0 amide bonds. The molecule has 0 atom stereocenters. The largest absolute Gasteiger partial charge is 0.436 e. The molecule has 4 heterocycles. The summed E-state index contributed by atoms with van der Waals surface area (Å²) in [6.45, 7) is 0. The van der Waals surface area contributed by atoms with Crippen molar-refractivity contribution in [2.24, 2.45) is 0 Å². The highest BCUT2D eigenvalue weighted by atomic mass is 16.4. The van der Waals surface area contributed by atoms with Gasteiger partial charge in [-0.25, -0.2) is 4.98 Å². The van der Waals surface area contributed by atoms with Gasteiger partial charge in [0, 0.05) is 33.2 Å². The van der Waals surface area contributed by atoms with E-state index in [1.165, 1.54) is 33.0 Å². The summed E-state index contributed by atoms with van der Waals surface area (Å²) >= 11 is 0. The van der Waals surface area contributed by atoms with Crippen molar-refractivity contribution in [2.75, 3.05) is 0 Å². The molecule has 0 spiro atoms. The quantitative estimate of drug-likeness (QED) is 0.178. The topological polar surface area (TPSA) is 61.9 Å². The third-order valence-electron chi connectivity index (χ3n) is 11.0. The Morgan fingerprint density at radius 2 is 0.857 bits per heavy atom. The zero-order valence-electron chi connectivity index (χ0n) is 29.9. The fourth-order valence-corrected chi connectivity index (χ4v) is 8.37. The maximum Gasteiger partial charge on any atom is 0.307 e. The summed E-state index contributed by atoms with van der Waals surface area (Å²) in [5.41, 5.74) is 13.8. The van der Waals surface area contributed by atoms with E-state index < -0.39 is 0 Å². The van der Waals surface area contributed by atoms with Crippen LogP contribution in [0.1, 0.15) is 0 Å². The van der Waals surface area contributed by atoms with Crippen molar-refractivity contribution in [1.82, 2.24) is 19.1 Å². The molecule has 0 saturated heterocycles. The first-order valence-electron chi connectivity index (χ1n) is 18.7. The Balaban J connectivity index is 0.934. The second-order valence-electron chi connectivity index (χ2n) is 14.3. The predicted molar refractivity (Wildman–Crippen MR) is 227 cm³/mol. The minimum Gasteiger partial charge on any atom is -0.436 e. The molecular weight excluding hydrogens is 689 g/mol. The maximum absolute atomic E-state index is 6.55. The molecule has 0 radical (unpaired) electrons.